The van der Waals surface area contributed by atoms with Gasteiger partial charge >= 0.3 is 0 Å². The number of carbonyl (C=O) groups is 1. The van der Waals surface area contributed by atoms with Crippen LogP contribution in [0.2, 0.25) is 0 Å². The number of benzene rings is 1. The fraction of sp³-hybridized carbons (Fsp3) is 0.235. The Morgan fingerprint density at radius 3 is 2.48 bits per heavy atom. The van der Waals surface area contributed by atoms with Crippen molar-refractivity contribution in [2.75, 3.05) is 0 Å². The average molecular weight is 284 g/mol. The molecule has 0 radical (unpaired) electrons. The summed E-state index contributed by atoms with van der Waals surface area (Å²) in [6, 6.07) is 11.7. The van der Waals surface area contributed by atoms with E-state index in [2.05, 4.69) is 10.9 Å². The summed E-state index contributed by atoms with van der Waals surface area (Å²) in [5, 5.41) is 0. The van der Waals surface area contributed by atoms with Crippen LogP contribution in [0.25, 0.3) is 6.08 Å². The van der Waals surface area contributed by atoms with Crippen molar-refractivity contribution in [3.63, 3.8) is 0 Å². The van der Waals surface area contributed by atoms with Gasteiger partial charge in [-0.3, -0.25) is 10.2 Å². The highest BCUT2D eigenvalue weighted by Crippen LogP contribution is 2.13. The molecule has 110 valence electrons. The van der Waals surface area contributed by atoms with E-state index in [0.717, 1.165) is 23.4 Å². The zero-order chi connectivity index (χ0) is 15.2. The van der Waals surface area contributed by atoms with Gasteiger partial charge in [0.05, 0.1) is 5.56 Å². The first-order valence-electron chi connectivity index (χ1n) is 6.99. The van der Waals surface area contributed by atoms with E-state index in [-0.39, 0.29) is 5.91 Å². The Balaban J connectivity index is 2.02. The van der Waals surface area contributed by atoms with E-state index in [1.165, 1.54) is 0 Å². The van der Waals surface area contributed by atoms with Crippen molar-refractivity contribution >= 4 is 12.0 Å². The molecule has 21 heavy (non-hydrogen) atoms. The zero-order valence-corrected chi connectivity index (χ0v) is 12.6. The Labute approximate surface area is 124 Å². The van der Waals surface area contributed by atoms with Crippen molar-refractivity contribution in [2.45, 2.75) is 27.2 Å². The number of carbonyl (C=O) groups excluding carboxylic acids is 1. The minimum Gasteiger partial charge on any atom is -0.466 e. The van der Waals surface area contributed by atoms with E-state index in [4.69, 9.17) is 4.42 Å². The second kappa shape index (κ2) is 6.79. The molecule has 2 rings (SSSR count). The van der Waals surface area contributed by atoms with Crippen LogP contribution < -0.4 is 10.9 Å². The molecule has 0 saturated carbocycles. The summed E-state index contributed by atoms with van der Waals surface area (Å²) in [5.74, 6) is 1.15. The van der Waals surface area contributed by atoms with Gasteiger partial charge in [-0.1, -0.05) is 37.3 Å². The quantitative estimate of drug-likeness (QED) is 0.825. The number of rotatable bonds is 5. The molecule has 0 spiro atoms. The van der Waals surface area contributed by atoms with Gasteiger partial charge in [0.1, 0.15) is 11.5 Å². The van der Waals surface area contributed by atoms with Crippen LogP contribution in [-0.4, -0.2) is 5.91 Å². The maximum Gasteiger partial charge on any atom is 0.273 e. The van der Waals surface area contributed by atoms with E-state index in [1.807, 2.05) is 50.3 Å². The molecule has 0 fully saturated rings. The fourth-order valence-electron chi connectivity index (χ4n) is 2.04. The second-order valence-electron chi connectivity index (χ2n) is 4.84. The van der Waals surface area contributed by atoms with Gasteiger partial charge in [0.15, 0.2) is 0 Å². The number of allylic oxidation sites excluding steroid dienone is 1. The number of furan rings is 1. The first kappa shape index (κ1) is 14.9. The van der Waals surface area contributed by atoms with Crippen LogP contribution in [0.5, 0.6) is 0 Å². The molecule has 1 aromatic heterocycles. The Morgan fingerprint density at radius 2 is 1.90 bits per heavy atom. The van der Waals surface area contributed by atoms with Gasteiger partial charge in [0.25, 0.3) is 5.91 Å². The van der Waals surface area contributed by atoms with Gasteiger partial charge < -0.3 is 9.84 Å². The van der Waals surface area contributed by atoms with Crippen molar-refractivity contribution < 1.29 is 9.21 Å². The molecule has 0 aliphatic heterocycles. The third-order valence-corrected chi connectivity index (χ3v) is 3.14. The lowest BCUT2D eigenvalue weighted by molar-refractivity contribution is 0.0937. The van der Waals surface area contributed by atoms with Crippen LogP contribution in [-0.2, 0) is 0 Å². The second-order valence-corrected chi connectivity index (χ2v) is 4.84. The molecule has 0 saturated heterocycles. The Hall–Kier alpha value is -2.49. The highest BCUT2D eigenvalue weighted by Gasteiger charge is 2.13. The minimum atomic E-state index is -0.197. The Bertz CT molecular complexity index is 642. The molecular formula is C17H20N2O2. The van der Waals surface area contributed by atoms with E-state index in [9.17, 15) is 4.79 Å². The van der Waals surface area contributed by atoms with Gasteiger partial charge in [0, 0.05) is 5.70 Å². The Morgan fingerprint density at radius 1 is 1.19 bits per heavy atom. The zero-order valence-electron chi connectivity index (χ0n) is 12.6. The third-order valence-electron chi connectivity index (χ3n) is 3.14. The van der Waals surface area contributed by atoms with Crippen LogP contribution in [0.1, 0.15) is 40.8 Å². The number of hydrogen-bond acceptors (Lipinski definition) is 3. The lowest BCUT2D eigenvalue weighted by Gasteiger charge is -2.10. The van der Waals surface area contributed by atoms with Gasteiger partial charge in [-0.25, -0.2) is 0 Å². The standard InChI is InChI=1S/C17H20N2O2/c1-4-15(11-14-8-6-5-7-9-14)18-19-17(20)16-10-12(2)21-13(16)3/h5-11,18H,4H2,1-3H3,(H,19,20). The highest BCUT2D eigenvalue weighted by molar-refractivity contribution is 5.95. The number of nitrogens with one attached hydrogen (secondary N) is 2. The number of aryl methyl sites for hydroxylation is 2. The van der Waals surface area contributed by atoms with Crippen LogP contribution in [0, 0.1) is 13.8 Å². The van der Waals surface area contributed by atoms with E-state index < -0.39 is 0 Å². The monoisotopic (exact) mass is 284 g/mol. The molecular weight excluding hydrogens is 264 g/mol. The lowest BCUT2D eigenvalue weighted by atomic mass is 10.2. The summed E-state index contributed by atoms with van der Waals surface area (Å²) in [4.78, 5) is 12.1. The summed E-state index contributed by atoms with van der Waals surface area (Å²) in [6.45, 7) is 5.63. The van der Waals surface area contributed by atoms with E-state index in [0.29, 0.717) is 11.3 Å². The fourth-order valence-corrected chi connectivity index (χ4v) is 2.04. The molecule has 4 heteroatoms. The molecule has 1 aromatic carbocycles. The molecule has 0 aliphatic rings. The molecule has 0 bridgehead atoms. The van der Waals surface area contributed by atoms with Gasteiger partial charge in [-0.2, -0.15) is 0 Å². The molecule has 2 aromatic rings. The summed E-state index contributed by atoms with van der Waals surface area (Å²) < 4.78 is 5.36. The maximum atomic E-state index is 12.1. The van der Waals surface area contributed by atoms with Crippen LogP contribution in [0.15, 0.2) is 46.5 Å². The predicted octanol–water partition coefficient (Wildman–Crippen LogP) is 3.58. The number of amides is 1. The summed E-state index contributed by atoms with van der Waals surface area (Å²) in [6.07, 6.45) is 2.80. The third kappa shape index (κ3) is 3.99. The van der Waals surface area contributed by atoms with Crippen molar-refractivity contribution in [2.24, 2.45) is 0 Å². The predicted molar refractivity (Wildman–Crippen MR) is 83.5 cm³/mol. The molecule has 0 unspecified atom stereocenters. The molecule has 0 atom stereocenters. The van der Waals surface area contributed by atoms with Crippen molar-refractivity contribution in [1.82, 2.24) is 10.9 Å². The van der Waals surface area contributed by atoms with Crippen molar-refractivity contribution in [3.8, 4) is 0 Å². The normalized spacial score (nSPS) is 11.3. The topological polar surface area (TPSA) is 54.3 Å². The SMILES string of the molecule is CCC(=Cc1ccccc1)NNC(=O)c1cc(C)oc1C. The molecule has 4 nitrogen and oxygen atoms in total. The minimum absolute atomic E-state index is 0.197. The van der Waals surface area contributed by atoms with E-state index >= 15 is 0 Å². The largest absolute Gasteiger partial charge is 0.466 e. The summed E-state index contributed by atoms with van der Waals surface area (Å²) in [7, 11) is 0. The maximum absolute atomic E-state index is 12.1. The summed E-state index contributed by atoms with van der Waals surface area (Å²) in [5.41, 5.74) is 8.26. The van der Waals surface area contributed by atoms with Gasteiger partial charge in [-0.05, 0) is 38.0 Å². The van der Waals surface area contributed by atoms with Crippen LogP contribution in [0.3, 0.4) is 0 Å². The Kier molecular flexibility index (Phi) is 4.82. The van der Waals surface area contributed by atoms with Gasteiger partial charge in [0.2, 0.25) is 0 Å². The molecule has 2 N–H and O–H groups in total. The summed E-state index contributed by atoms with van der Waals surface area (Å²) >= 11 is 0. The first-order valence-corrected chi connectivity index (χ1v) is 6.99. The lowest BCUT2D eigenvalue weighted by Crippen LogP contribution is -2.36. The first-order chi connectivity index (χ1) is 10.1. The number of hydrazine groups is 1. The smallest absolute Gasteiger partial charge is 0.273 e. The molecule has 0 aliphatic carbocycles. The van der Waals surface area contributed by atoms with Crippen molar-refractivity contribution in [3.05, 3.63) is 64.7 Å². The van der Waals surface area contributed by atoms with Crippen LogP contribution in [0.4, 0.5) is 0 Å². The highest BCUT2D eigenvalue weighted by atomic mass is 16.3. The van der Waals surface area contributed by atoms with Crippen LogP contribution >= 0.6 is 0 Å². The molecule has 1 amide bonds. The molecule has 1 heterocycles. The number of hydrogen-bond donors (Lipinski definition) is 2. The van der Waals surface area contributed by atoms with E-state index in [1.54, 1.807) is 13.0 Å². The average Bonchev–Trinajstić information content (AvgIpc) is 2.83. The van der Waals surface area contributed by atoms with Gasteiger partial charge in [-0.15, -0.1) is 0 Å². The van der Waals surface area contributed by atoms with Crippen molar-refractivity contribution in [1.29, 1.82) is 0 Å².